The molecule has 0 bridgehead atoms. The Balaban J connectivity index is 0.800. The summed E-state index contributed by atoms with van der Waals surface area (Å²) < 4.78 is 57.1. The summed E-state index contributed by atoms with van der Waals surface area (Å²) in [6.07, 6.45) is -3.07. The van der Waals surface area contributed by atoms with E-state index in [4.69, 9.17) is 29.4 Å². The molecule has 1 aliphatic carbocycles. The molecule has 4 aliphatic heterocycles. The number of ether oxygens (including phenoxy) is 4. The third kappa shape index (κ3) is 12.0. The number of aromatic nitrogens is 2. The van der Waals surface area contributed by atoms with Gasteiger partial charge < -0.3 is 60.5 Å². The number of hydrogen-bond donors (Lipinski definition) is 7. The summed E-state index contributed by atoms with van der Waals surface area (Å²) in [5, 5.41) is 26.8. The summed E-state index contributed by atoms with van der Waals surface area (Å²) in [5.41, 5.74) is 0.0201. The van der Waals surface area contributed by atoms with E-state index in [0.29, 0.717) is 64.0 Å². The van der Waals surface area contributed by atoms with E-state index in [1.165, 1.54) is 22.8 Å². The number of unbranched alkanes of at least 4 members (excludes halogenated alkanes) is 2. The molecule has 0 spiro atoms. The SMILES string of the molecule is [2H]C1([2H])C(C(OCNC(=O)CNC(=O)[C@H](Cc2ccccc2)NC(=O)CNC(=O)CNC(=O)CCCCCN2C(=O)C=CC2=O)C(=O)NCc2c3c(nc4cc5c(cc24)OCO5)-c2cc4c(c(=O)n2C3)COC(=O)[C@]4(O)CC)C1([2H])[2H]. The number of benzene rings is 2. The highest BCUT2D eigenvalue weighted by molar-refractivity contribution is 6.12. The van der Waals surface area contributed by atoms with Crippen LogP contribution in [0, 0.1) is 5.92 Å². The van der Waals surface area contributed by atoms with Crippen LogP contribution in [0.2, 0.25) is 0 Å². The van der Waals surface area contributed by atoms with Crippen molar-refractivity contribution in [1.82, 2.24) is 46.4 Å². The van der Waals surface area contributed by atoms with Gasteiger partial charge in [-0.05, 0) is 61.2 Å². The van der Waals surface area contributed by atoms with Crippen LogP contribution >= 0.6 is 0 Å². The van der Waals surface area contributed by atoms with Gasteiger partial charge in [0.2, 0.25) is 42.2 Å². The molecular weight excluding hydrogens is 1000 g/mol. The van der Waals surface area contributed by atoms with Crippen molar-refractivity contribution in [2.45, 2.75) is 95.6 Å². The minimum atomic E-state index is -2.54. The molecule has 7 N–H and O–H groups in total. The van der Waals surface area contributed by atoms with Crippen molar-refractivity contribution in [2.75, 3.05) is 39.7 Å². The van der Waals surface area contributed by atoms with E-state index < -0.39 is 110 Å². The highest BCUT2D eigenvalue weighted by Crippen LogP contribution is 2.43. The van der Waals surface area contributed by atoms with Crippen LogP contribution in [0.4, 0.5) is 0 Å². The zero-order valence-corrected chi connectivity index (χ0v) is 41.6. The zero-order chi connectivity index (χ0) is 58.0. The lowest BCUT2D eigenvalue weighted by Gasteiger charge is -2.31. The van der Waals surface area contributed by atoms with E-state index >= 15 is 0 Å². The molecule has 8 amide bonds. The molecule has 3 atom stereocenters. The molecule has 1 unspecified atom stereocenters. The van der Waals surface area contributed by atoms with Crippen molar-refractivity contribution < 1.29 is 72.7 Å². The van der Waals surface area contributed by atoms with E-state index in [9.17, 15) is 53.1 Å². The highest BCUT2D eigenvalue weighted by atomic mass is 16.7. The van der Waals surface area contributed by atoms with Crippen molar-refractivity contribution in [3.8, 4) is 22.9 Å². The maximum atomic E-state index is 14.2. The smallest absolute Gasteiger partial charge is 0.343 e. The first-order valence-electron chi connectivity index (χ1n) is 26.9. The van der Waals surface area contributed by atoms with Gasteiger partial charge in [-0.3, -0.25) is 48.1 Å². The largest absolute Gasteiger partial charge is 0.458 e. The fourth-order valence-electron chi connectivity index (χ4n) is 9.31. The van der Waals surface area contributed by atoms with Crippen LogP contribution in [-0.4, -0.2) is 125 Å². The van der Waals surface area contributed by atoms with Gasteiger partial charge in [-0.15, -0.1) is 0 Å². The molecule has 2 aromatic carbocycles. The van der Waals surface area contributed by atoms with Gasteiger partial charge >= 0.3 is 5.97 Å². The number of nitrogens with zero attached hydrogens (tertiary/aromatic N) is 3. The summed E-state index contributed by atoms with van der Waals surface area (Å²) in [7, 11) is 0. The standard InChI is InChI=1S/C53H57N9O15/c1-2-53(73)35-19-38-47-33(25-62(38)51(71)34(35)26-74-52(53)72)32(31-18-39-40(77-28-76-39)20-36(31)60-47)21-56-50(70)48(30-12-13-30)75-27-58-43(65)23-57-49(69)37(17-29-9-5-3-6-10-29)59-44(66)24-55-42(64)22-54-41(63)11-7-4-8-16-61-45(67)14-15-46(61)68/h3,5-6,9-10,14-15,18-20,30,37,48,73H,2,4,7-8,11-13,16-17,21-28H2,1H3,(H,54,63)(H,55,64)(H,56,70)(H,57,69)(H,58,65)(H,59,66)/t37-,48?,53-/m0/s1/i12D2,13D2. The molecule has 24 nitrogen and oxygen atoms in total. The second-order valence-electron chi connectivity index (χ2n) is 18.6. The third-order valence-corrected chi connectivity index (χ3v) is 13.6. The maximum absolute atomic E-state index is 14.2. The Morgan fingerprint density at radius 3 is 2.26 bits per heavy atom. The molecule has 0 radical (unpaired) electrons. The van der Waals surface area contributed by atoms with Crippen molar-refractivity contribution in [1.29, 1.82) is 0 Å². The number of hydrogen-bond acceptors (Lipinski definition) is 16. The van der Waals surface area contributed by atoms with Crippen LogP contribution in [0.25, 0.3) is 22.3 Å². The van der Waals surface area contributed by atoms with Crippen LogP contribution < -0.4 is 46.9 Å². The average Bonchev–Trinajstić information content (AvgIpc) is 3.20. The second kappa shape index (κ2) is 23.2. The van der Waals surface area contributed by atoms with Crippen LogP contribution in [-0.2, 0) is 84.3 Å². The summed E-state index contributed by atoms with van der Waals surface area (Å²) in [4.78, 5) is 135. The molecule has 9 rings (SSSR count). The number of pyridine rings is 2. The first kappa shape index (κ1) is 48.2. The van der Waals surface area contributed by atoms with E-state index in [-0.39, 0.29) is 80.9 Å². The normalized spacial score (nSPS) is 19.5. The summed E-state index contributed by atoms with van der Waals surface area (Å²) >= 11 is 0. The highest BCUT2D eigenvalue weighted by Gasteiger charge is 2.46. The second-order valence-corrected chi connectivity index (χ2v) is 18.6. The molecule has 4 aromatic rings. The fourth-order valence-corrected chi connectivity index (χ4v) is 9.31. The van der Waals surface area contributed by atoms with Crippen molar-refractivity contribution in [2.24, 2.45) is 5.92 Å². The third-order valence-electron chi connectivity index (χ3n) is 13.6. The average molecular weight is 1060 g/mol. The lowest BCUT2D eigenvalue weighted by atomic mass is 9.86. The topological polar surface area (TPSA) is 321 Å². The first-order valence-corrected chi connectivity index (χ1v) is 24.9. The van der Waals surface area contributed by atoms with E-state index in [2.05, 4.69) is 31.9 Å². The summed E-state index contributed by atoms with van der Waals surface area (Å²) in [6, 6.07) is 12.1. The lowest BCUT2D eigenvalue weighted by molar-refractivity contribution is -0.172. The van der Waals surface area contributed by atoms with Crippen LogP contribution in [0.3, 0.4) is 0 Å². The van der Waals surface area contributed by atoms with Gasteiger partial charge in [-0.2, -0.15) is 0 Å². The minimum Gasteiger partial charge on any atom is -0.458 e. The molecule has 5 aliphatic rings. The van der Waals surface area contributed by atoms with Gasteiger partial charge in [-0.25, -0.2) is 9.78 Å². The van der Waals surface area contributed by atoms with Gasteiger partial charge in [0.05, 0.1) is 48.6 Å². The summed E-state index contributed by atoms with van der Waals surface area (Å²) in [5.74, 6) is -7.09. The van der Waals surface area contributed by atoms with Crippen molar-refractivity contribution in [3.05, 3.63) is 98.9 Å². The van der Waals surface area contributed by atoms with E-state index in [1.807, 2.05) is 0 Å². The molecule has 404 valence electrons. The predicted molar refractivity (Wildman–Crippen MR) is 269 cm³/mol. The van der Waals surface area contributed by atoms with Gasteiger partial charge in [0, 0.05) is 66.1 Å². The molecule has 2 aromatic heterocycles. The van der Waals surface area contributed by atoms with Crippen LogP contribution in [0.1, 0.15) is 85.1 Å². The van der Waals surface area contributed by atoms with Gasteiger partial charge in [-0.1, -0.05) is 43.7 Å². The number of cyclic esters (lactones) is 1. The van der Waals surface area contributed by atoms with Crippen LogP contribution in [0.15, 0.2) is 65.5 Å². The molecular formula is C53H57N9O15. The quantitative estimate of drug-likeness (QED) is 0.0183. The van der Waals surface area contributed by atoms with Gasteiger partial charge in [0.15, 0.2) is 17.1 Å². The maximum Gasteiger partial charge on any atom is 0.343 e. The summed E-state index contributed by atoms with van der Waals surface area (Å²) in [6.45, 7) is -1.45. The number of fused-ring (bicyclic) bond motifs is 6. The van der Waals surface area contributed by atoms with Gasteiger partial charge in [0.25, 0.3) is 17.4 Å². The Hall–Kier alpha value is -8.51. The minimum absolute atomic E-state index is 0.0342. The molecule has 24 heteroatoms. The lowest BCUT2D eigenvalue weighted by Crippen LogP contribution is -2.52. The van der Waals surface area contributed by atoms with E-state index in [0.717, 1.165) is 4.90 Å². The first-order chi connectivity index (χ1) is 38.6. The molecule has 77 heavy (non-hydrogen) atoms. The number of amides is 8. The number of carbonyl (C=O) groups excluding carboxylic acids is 9. The Morgan fingerprint density at radius 2 is 1.52 bits per heavy atom. The fraction of sp³-hybridized carbons (Fsp3) is 0.415. The monoisotopic (exact) mass is 1060 g/mol. The molecule has 1 saturated carbocycles. The number of esters is 1. The van der Waals surface area contributed by atoms with Crippen molar-refractivity contribution >= 4 is 64.1 Å². The molecule has 0 saturated heterocycles. The van der Waals surface area contributed by atoms with Gasteiger partial charge in [0.1, 0.15) is 25.5 Å². The zero-order valence-electron chi connectivity index (χ0n) is 45.6. The Labute approximate surface area is 445 Å². The van der Waals surface area contributed by atoms with Crippen LogP contribution in [0.5, 0.6) is 11.5 Å². The number of rotatable bonds is 24. The number of nitrogens with one attached hydrogen (secondary N) is 6. The Morgan fingerprint density at radius 1 is 0.818 bits per heavy atom. The molecule has 1 fully saturated rings. The number of carbonyl (C=O) groups is 9. The van der Waals surface area contributed by atoms with Crippen molar-refractivity contribution in [3.63, 3.8) is 0 Å². The number of imide groups is 1. The van der Waals surface area contributed by atoms with E-state index in [1.54, 1.807) is 49.4 Å². The number of aliphatic hydroxyl groups is 1. The Kier molecular flexibility index (Phi) is 14.5. The predicted octanol–water partition coefficient (Wildman–Crippen LogP) is -0.145. The molecule has 6 heterocycles. The Bertz CT molecular complexity index is 3330.